The van der Waals surface area contributed by atoms with Crippen molar-refractivity contribution in [2.75, 3.05) is 7.11 Å². The molecule has 0 aliphatic heterocycles. The minimum atomic E-state index is -1.14. The predicted octanol–water partition coefficient (Wildman–Crippen LogP) is 2.53. The Morgan fingerprint density at radius 1 is 1.23 bits per heavy atom. The van der Waals surface area contributed by atoms with E-state index < -0.39 is 6.10 Å². The molecule has 2 unspecified atom stereocenters. The van der Waals surface area contributed by atoms with E-state index in [0.29, 0.717) is 5.56 Å². The van der Waals surface area contributed by atoms with Crippen molar-refractivity contribution in [1.82, 2.24) is 5.32 Å². The Morgan fingerprint density at radius 2 is 2.00 bits per heavy atom. The summed E-state index contributed by atoms with van der Waals surface area (Å²) in [5, 5.41) is 13.1. The van der Waals surface area contributed by atoms with Gasteiger partial charge in [0.2, 0.25) is 0 Å². The van der Waals surface area contributed by atoms with Crippen molar-refractivity contribution in [3.63, 3.8) is 0 Å². The van der Waals surface area contributed by atoms with Crippen molar-refractivity contribution in [3.8, 4) is 5.75 Å². The highest BCUT2D eigenvalue weighted by molar-refractivity contribution is 5.82. The number of amides is 1. The quantitative estimate of drug-likeness (QED) is 0.911. The minimum absolute atomic E-state index is 0.0732. The number of rotatable bonds is 4. The van der Waals surface area contributed by atoms with Crippen LogP contribution in [-0.2, 0) is 11.2 Å². The van der Waals surface area contributed by atoms with Gasteiger partial charge < -0.3 is 15.2 Å². The third kappa shape index (κ3) is 2.70. The molecule has 2 N–H and O–H groups in total. The molecule has 0 bridgehead atoms. The number of carbonyl (C=O) groups is 1. The fourth-order valence-electron chi connectivity index (χ4n) is 3.00. The fraction of sp³-hybridized carbons (Fsp3) is 0.278. The summed E-state index contributed by atoms with van der Waals surface area (Å²) in [6.45, 7) is 0. The van der Waals surface area contributed by atoms with Gasteiger partial charge in [-0.05, 0) is 35.6 Å². The molecular formula is C18H19NO3. The smallest absolute Gasteiger partial charge is 0.253 e. The monoisotopic (exact) mass is 297 g/mol. The molecule has 4 nitrogen and oxygen atoms in total. The van der Waals surface area contributed by atoms with Crippen LogP contribution >= 0.6 is 0 Å². The van der Waals surface area contributed by atoms with Crippen LogP contribution in [0.5, 0.6) is 5.75 Å². The van der Waals surface area contributed by atoms with Crippen molar-refractivity contribution >= 4 is 5.91 Å². The third-order valence-electron chi connectivity index (χ3n) is 4.13. The van der Waals surface area contributed by atoms with Gasteiger partial charge in [0, 0.05) is 0 Å². The second kappa shape index (κ2) is 6.20. The second-order valence-corrected chi connectivity index (χ2v) is 5.44. The van der Waals surface area contributed by atoms with Gasteiger partial charge in [0.15, 0.2) is 6.10 Å². The number of hydrogen-bond acceptors (Lipinski definition) is 3. The van der Waals surface area contributed by atoms with E-state index in [1.165, 1.54) is 0 Å². The van der Waals surface area contributed by atoms with Crippen molar-refractivity contribution in [3.05, 3.63) is 65.2 Å². The standard InChI is InChI=1S/C18H19NO3/c1-22-16-9-5-8-13-14(16)10-11-15(13)19-18(21)17(20)12-6-3-2-4-7-12/h2-9,15,17,20H,10-11H2,1H3,(H,19,21). The summed E-state index contributed by atoms with van der Waals surface area (Å²) in [5.41, 5.74) is 2.82. The van der Waals surface area contributed by atoms with Gasteiger partial charge in [-0.3, -0.25) is 4.79 Å². The van der Waals surface area contributed by atoms with E-state index in [-0.39, 0.29) is 11.9 Å². The molecule has 0 spiro atoms. The molecule has 22 heavy (non-hydrogen) atoms. The Morgan fingerprint density at radius 3 is 2.73 bits per heavy atom. The van der Waals surface area contributed by atoms with Crippen molar-refractivity contribution in [1.29, 1.82) is 0 Å². The zero-order valence-corrected chi connectivity index (χ0v) is 12.5. The van der Waals surface area contributed by atoms with Crippen LogP contribution in [0.2, 0.25) is 0 Å². The molecule has 0 fully saturated rings. The first-order valence-corrected chi connectivity index (χ1v) is 7.40. The summed E-state index contributed by atoms with van der Waals surface area (Å²) >= 11 is 0. The molecular weight excluding hydrogens is 278 g/mol. The minimum Gasteiger partial charge on any atom is -0.496 e. The van der Waals surface area contributed by atoms with Crippen LogP contribution in [-0.4, -0.2) is 18.1 Å². The average Bonchev–Trinajstić information content (AvgIpc) is 2.98. The van der Waals surface area contributed by atoms with Crippen LogP contribution in [0.4, 0.5) is 0 Å². The maximum absolute atomic E-state index is 12.3. The molecule has 114 valence electrons. The molecule has 2 aromatic rings. The van der Waals surface area contributed by atoms with Gasteiger partial charge in [0.25, 0.3) is 5.91 Å². The molecule has 0 saturated heterocycles. The summed E-state index contributed by atoms with van der Waals surface area (Å²) in [5.74, 6) is 0.490. The number of benzene rings is 2. The number of ether oxygens (including phenoxy) is 1. The Kier molecular flexibility index (Phi) is 4.11. The van der Waals surface area contributed by atoms with Gasteiger partial charge in [0.05, 0.1) is 13.2 Å². The van der Waals surface area contributed by atoms with Gasteiger partial charge in [0.1, 0.15) is 5.75 Å². The van der Waals surface area contributed by atoms with Crippen LogP contribution in [0, 0.1) is 0 Å². The summed E-state index contributed by atoms with van der Waals surface area (Å²) < 4.78 is 5.37. The maximum Gasteiger partial charge on any atom is 0.253 e. The van der Waals surface area contributed by atoms with Gasteiger partial charge >= 0.3 is 0 Å². The van der Waals surface area contributed by atoms with Crippen molar-refractivity contribution < 1.29 is 14.6 Å². The molecule has 4 heteroatoms. The molecule has 1 aliphatic carbocycles. The molecule has 1 amide bonds. The molecule has 0 saturated carbocycles. The lowest BCUT2D eigenvalue weighted by molar-refractivity contribution is -0.130. The molecule has 0 heterocycles. The molecule has 1 aliphatic rings. The van der Waals surface area contributed by atoms with Gasteiger partial charge in [-0.25, -0.2) is 0 Å². The van der Waals surface area contributed by atoms with Crippen LogP contribution in [0.1, 0.15) is 35.3 Å². The van der Waals surface area contributed by atoms with E-state index >= 15 is 0 Å². The summed E-state index contributed by atoms with van der Waals surface area (Å²) in [6, 6.07) is 14.8. The SMILES string of the molecule is COc1cccc2c1CCC2NC(=O)C(O)c1ccccc1. The normalized spacial score (nSPS) is 17.6. The highest BCUT2D eigenvalue weighted by atomic mass is 16.5. The average molecular weight is 297 g/mol. The summed E-state index contributed by atoms with van der Waals surface area (Å²) in [7, 11) is 1.65. The molecule has 0 radical (unpaired) electrons. The Bertz CT molecular complexity index is 669. The Hall–Kier alpha value is -2.33. The lowest BCUT2D eigenvalue weighted by atomic mass is 10.1. The number of aliphatic hydroxyl groups is 1. The maximum atomic E-state index is 12.3. The Balaban J connectivity index is 1.75. The predicted molar refractivity (Wildman–Crippen MR) is 83.6 cm³/mol. The van der Waals surface area contributed by atoms with Gasteiger partial charge in [-0.15, -0.1) is 0 Å². The van der Waals surface area contributed by atoms with Crippen molar-refractivity contribution in [2.24, 2.45) is 0 Å². The number of hydrogen-bond donors (Lipinski definition) is 2. The first kappa shape index (κ1) is 14.6. The molecule has 2 aromatic carbocycles. The molecule has 0 aromatic heterocycles. The largest absolute Gasteiger partial charge is 0.496 e. The molecule has 2 atom stereocenters. The third-order valence-corrected chi connectivity index (χ3v) is 4.13. The second-order valence-electron chi connectivity index (χ2n) is 5.44. The number of methoxy groups -OCH3 is 1. The molecule has 3 rings (SSSR count). The topological polar surface area (TPSA) is 58.6 Å². The van der Waals surface area contributed by atoms with Gasteiger partial charge in [-0.2, -0.15) is 0 Å². The number of nitrogens with one attached hydrogen (secondary N) is 1. The van der Waals surface area contributed by atoms with Crippen LogP contribution in [0.25, 0.3) is 0 Å². The van der Waals surface area contributed by atoms with Crippen LogP contribution < -0.4 is 10.1 Å². The van der Waals surface area contributed by atoms with Crippen LogP contribution in [0.15, 0.2) is 48.5 Å². The lowest BCUT2D eigenvalue weighted by Gasteiger charge is -2.18. The van der Waals surface area contributed by atoms with E-state index in [0.717, 1.165) is 29.7 Å². The zero-order valence-electron chi connectivity index (χ0n) is 12.5. The van der Waals surface area contributed by atoms with E-state index in [4.69, 9.17) is 4.74 Å². The Labute approximate surface area is 129 Å². The van der Waals surface area contributed by atoms with Crippen molar-refractivity contribution in [2.45, 2.75) is 25.0 Å². The van der Waals surface area contributed by atoms with Gasteiger partial charge in [-0.1, -0.05) is 42.5 Å². The first-order valence-electron chi connectivity index (χ1n) is 7.40. The highest BCUT2D eigenvalue weighted by Crippen LogP contribution is 2.37. The summed E-state index contributed by atoms with van der Waals surface area (Å²) in [6.07, 6.45) is 0.546. The number of fused-ring (bicyclic) bond motifs is 1. The lowest BCUT2D eigenvalue weighted by Crippen LogP contribution is -2.32. The first-order chi connectivity index (χ1) is 10.7. The van der Waals surface area contributed by atoms with E-state index in [1.807, 2.05) is 36.4 Å². The number of aliphatic hydroxyl groups excluding tert-OH is 1. The van der Waals surface area contributed by atoms with E-state index in [1.54, 1.807) is 19.2 Å². The fourth-order valence-corrected chi connectivity index (χ4v) is 3.00. The van der Waals surface area contributed by atoms with E-state index in [9.17, 15) is 9.90 Å². The number of carbonyl (C=O) groups excluding carboxylic acids is 1. The highest BCUT2D eigenvalue weighted by Gasteiger charge is 2.28. The van der Waals surface area contributed by atoms with Crippen LogP contribution in [0.3, 0.4) is 0 Å². The van der Waals surface area contributed by atoms with E-state index in [2.05, 4.69) is 5.32 Å². The summed E-state index contributed by atoms with van der Waals surface area (Å²) in [4.78, 5) is 12.3. The zero-order chi connectivity index (χ0) is 15.5.